The van der Waals surface area contributed by atoms with Gasteiger partial charge in [-0.25, -0.2) is 19.2 Å². The molecule has 0 radical (unpaired) electrons. The second-order valence-electron chi connectivity index (χ2n) is 7.97. The first-order chi connectivity index (χ1) is 18.3. The number of methoxy groups -OCH3 is 1. The van der Waals surface area contributed by atoms with Gasteiger partial charge < -0.3 is 24.4 Å². The molecule has 0 spiro atoms. The van der Waals surface area contributed by atoms with E-state index in [4.69, 9.17) is 14.6 Å². The van der Waals surface area contributed by atoms with E-state index in [1.54, 1.807) is 26.0 Å². The fourth-order valence-electron chi connectivity index (χ4n) is 2.18. The largest absolute Gasteiger partial charge is 0.504 e. The average Bonchev–Trinajstić information content (AvgIpc) is 2.91. The van der Waals surface area contributed by atoms with Crippen LogP contribution < -0.4 is 4.74 Å². The third-order valence-electron chi connectivity index (χ3n) is 4.44. The summed E-state index contributed by atoms with van der Waals surface area (Å²) in [5.41, 5.74) is 2.03. The second-order valence-corrected chi connectivity index (χ2v) is 7.97. The lowest BCUT2D eigenvalue weighted by Crippen LogP contribution is -2.08. The number of carbonyl (C=O) groups is 4. The molecule has 0 fully saturated rings. The highest BCUT2D eigenvalue weighted by Crippen LogP contribution is 2.24. The monoisotopic (exact) mass is 538 g/mol. The number of allylic oxidation sites excluding steroid dienone is 1. The van der Waals surface area contributed by atoms with E-state index >= 15 is 0 Å². The van der Waals surface area contributed by atoms with E-state index in [1.807, 2.05) is 30.3 Å². The number of para-hydroxylation sites is 2. The van der Waals surface area contributed by atoms with Crippen LogP contribution in [0.2, 0.25) is 0 Å². The second kappa shape index (κ2) is 18.3. The first-order valence-electron chi connectivity index (χ1n) is 11.5. The number of hydrogen-bond donors (Lipinski definition) is 2. The molecule has 0 aliphatic rings. The predicted octanol–water partition coefficient (Wildman–Crippen LogP) is 5.32. The number of phenols is 1. The molecule has 0 amide bonds. The molecule has 39 heavy (non-hydrogen) atoms. The number of aliphatic carboxylic acids is 1. The molecule has 0 aromatic heterocycles. The zero-order valence-electron chi connectivity index (χ0n) is 22.6. The fourth-order valence-corrected chi connectivity index (χ4v) is 2.18. The summed E-state index contributed by atoms with van der Waals surface area (Å²) in [5, 5.41) is 17.9. The van der Waals surface area contributed by atoms with Crippen molar-refractivity contribution in [3.05, 3.63) is 108 Å². The quantitative estimate of drug-likeness (QED) is 0.247. The van der Waals surface area contributed by atoms with Crippen LogP contribution in [-0.2, 0) is 35.3 Å². The fraction of sp³-hybridized carbons (Fsp3) is 0.200. The number of esters is 3. The van der Waals surface area contributed by atoms with Crippen molar-refractivity contribution in [3.8, 4) is 11.5 Å². The number of carboxylic acid groups (broad SMARTS) is 1. The Morgan fingerprint density at radius 2 is 1.36 bits per heavy atom. The summed E-state index contributed by atoms with van der Waals surface area (Å²) < 4.78 is 14.2. The number of carboxylic acids is 1. The number of aromatic hydroxyl groups is 1. The minimum Gasteiger partial charge on any atom is -0.504 e. The average molecular weight is 539 g/mol. The molecule has 2 aromatic carbocycles. The van der Waals surface area contributed by atoms with Crippen molar-refractivity contribution in [1.29, 1.82) is 0 Å². The van der Waals surface area contributed by atoms with E-state index in [0.29, 0.717) is 11.1 Å². The van der Waals surface area contributed by atoms with E-state index < -0.39 is 17.9 Å². The molecule has 0 saturated carbocycles. The van der Waals surface area contributed by atoms with Gasteiger partial charge in [-0.3, -0.25) is 0 Å². The predicted molar refractivity (Wildman–Crippen MR) is 147 cm³/mol. The summed E-state index contributed by atoms with van der Waals surface area (Å²) in [6.07, 6.45) is 1.61. The Morgan fingerprint density at radius 1 is 0.821 bits per heavy atom. The Balaban J connectivity index is 0.000000622. The van der Waals surface area contributed by atoms with E-state index in [0.717, 1.165) is 5.56 Å². The Bertz CT molecular complexity index is 1210. The van der Waals surface area contributed by atoms with E-state index in [-0.39, 0.29) is 41.6 Å². The molecule has 2 rings (SSSR count). The number of carbonyl (C=O) groups excluding carboxylic acids is 3. The van der Waals surface area contributed by atoms with Crippen LogP contribution in [0.5, 0.6) is 11.5 Å². The minimum atomic E-state index is -1.01. The Labute approximate surface area is 228 Å². The van der Waals surface area contributed by atoms with Crippen LogP contribution in [0.25, 0.3) is 0 Å². The van der Waals surface area contributed by atoms with Crippen molar-refractivity contribution in [2.75, 3.05) is 7.11 Å². The molecule has 0 aliphatic carbocycles. The number of phenolic OH excluding ortho intramolecular Hbond substituents is 1. The van der Waals surface area contributed by atoms with Gasteiger partial charge in [0.25, 0.3) is 0 Å². The molecular formula is C30H34O9. The third-order valence-corrected chi connectivity index (χ3v) is 4.44. The highest BCUT2D eigenvalue weighted by Gasteiger charge is 2.09. The van der Waals surface area contributed by atoms with Gasteiger partial charge in [-0.1, -0.05) is 68.3 Å². The maximum Gasteiger partial charge on any atom is 0.338 e. The van der Waals surface area contributed by atoms with Gasteiger partial charge in [0.05, 0.1) is 7.11 Å². The summed E-state index contributed by atoms with van der Waals surface area (Å²) in [5.74, 6) is -2.32. The van der Waals surface area contributed by atoms with Gasteiger partial charge >= 0.3 is 23.9 Å². The molecule has 0 unspecified atom stereocenters. The maximum atomic E-state index is 11.6. The van der Waals surface area contributed by atoms with Crippen molar-refractivity contribution in [1.82, 2.24) is 0 Å². The van der Waals surface area contributed by atoms with Crippen LogP contribution >= 0.6 is 0 Å². The van der Waals surface area contributed by atoms with Crippen LogP contribution in [0.3, 0.4) is 0 Å². The first-order valence-corrected chi connectivity index (χ1v) is 11.5. The standard InChI is InChI=1S/C15H16O4.C10H10O3.C5H8O2/c1-11(14(16)17)8-9-12(2)15(18)19-10-13-6-4-3-5-7-13;1-7(2)10(12)13-9-6-4-3-5-8(9)11;1-4(2)5(6)7-3/h3-8H,2,9-10H2,1H3,(H,16,17);3-6,11H,1H2,2H3;1H2,2-3H3. The van der Waals surface area contributed by atoms with Crippen LogP contribution in [0.1, 0.15) is 32.8 Å². The van der Waals surface area contributed by atoms with Gasteiger partial charge in [0, 0.05) is 22.3 Å². The summed E-state index contributed by atoms with van der Waals surface area (Å²) >= 11 is 0. The maximum absolute atomic E-state index is 11.6. The summed E-state index contributed by atoms with van der Waals surface area (Å²) in [6, 6.07) is 15.6. The normalized spacial score (nSPS) is 9.79. The Morgan fingerprint density at radius 3 is 1.82 bits per heavy atom. The molecule has 9 nitrogen and oxygen atoms in total. The zero-order chi connectivity index (χ0) is 30.0. The zero-order valence-corrected chi connectivity index (χ0v) is 22.6. The van der Waals surface area contributed by atoms with Crippen molar-refractivity contribution in [3.63, 3.8) is 0 Å². The lowest BCUT2D eigenvalue weighted by Gasteiger charge is -2.05. The van der Waals surface area contributed by atoms with Gasteiger partial charge in [-0.2, -0.15) is 0 Å². The van der Waals surface area contributed by atoms with Crippen LogP contribution in [0.15, 0.2) is 103 Å². The lowest BCUT2D eigenvalue weighted by molar-refractivity contribution is -0.140. The SMILES string of the molecule is C=C(C)C(=O)OC.C=C(C)C(=O)Oc1ccccc1O.C=C(CC=C(C)C(=O)O)C(=O)OCc1ccccc1. The molecule has 0 saturated heterocycles. The number of hydrogen-bond acceptors (Lipinski definition) is 8. The van der Waals surface area contributed by atoms with Crippen molar-refractivity contribution in [2.45, 2.75) is 33.8 Å². The molecule has 0 aliphatic heterocycles. The van der Waals surface area contributed by atoms with E-state index in [2.05, 4.69) is 24.5 Å². The van der Waals surface area contributed by atoms with Crippen LogP contribution in [0.4, 0.5) is 0 Å². The first kappa shape index (κ1) is 34.1. The van der Waals surface area contributed by atoms with Crippen molar-refractivity contribution in [2.24, 2.45) is 0 Å². The molecule has 0 heterocycles. The molecule has 2 N–H and O–H groups in total. The minimum absolute atomic E-state index is 0.0582. The smallest absolute Gasteiger partial charge is 0.338 e. The number of benzene rings is 2. The highest BCUT2D eigenvalue weighted by atomic mass is 16.5. The van der Waals surface area contributed by atoms with Gasteiger partial charge in [-0.15, -0.1) is 0 Å². The Kier molecular flexibility index (Phi) is 16.0. The summed E-state index contributed by atoms with van der Waals surface area (Å²) in [6.45, 7) is 15.2. The van der Waals surface area contributed by atoms with Gasteiger partial charge in [0.15, 0.2) is 11.5 Å². The lowest BCUT2D eigenvalue weighted by atomic mass is 10.1. The molecule has 208 valence electrons. The van der Waals surface area contributed by atoms with Gasteiger partial charge in [0.2, 0.25) is 0 Å². The van der Waals surface area contributed by atoms with Crippen molar-refractivity contribution < 1.29 is 43.6 Å². The summed E-state index contributed by atoms with van der Waals surface area (Å²) in [7, 11) is 1.33. The number of rotatable bonds is 9. The number of ether oxygens (including phenoxy) is 3. The van der Waals surface area contributed by atoms with Crippen LogP contribution in [0, 0.1) is 0 Å². The van der Waals surface area contributed by atoms with E-state index in [9.17, 15) is 24.3 Å². The highest BCUT2D eigenvalue weighted by molar-refractivity contribution is 5.90. The van der Waals surface area contributed by atoms with Gasteiger partial charge in [0.1, 0.15) is 6.61 Å². The summed E-state index contributed by atoms with van der Waals surface area (Å²) in [4.78, 5) is 43.4. The topological polar surface area (TPSA) is 136 Å². The third kappa shape index (κ3) is 15.0. The van der Waals surface area contributed by atoms with Crippen LogP contribution in [-0.4, -0.2) is 41.2 Å². The molecule has 0 atom stereocenters. The van der Waals surface area contributed by atoms with E-state index in [1.165, 1.54) is 32.2 Å². The molecule has 0 bridgehead atoms. The van der Waals surface area contributed by atoms with Gasteiger partial charge in [-0.05, 0) is 44.9 Å². The van der Waals surface area contributed by atoms with Crippen molar-refractivity contribution >= 4 is 23.9 Å². The Hall–Kier alpha value is -4.92. The molecule has 2 aromatic rings. The molecule has 9 heteroatoms. The molecular weight excluding hydrogens is 504 g/mol.